The van der Waals surface area contributed by atoms with Gasteiger partial charge in [0.2, 0.25) is 5.95 Å². The fourth-order valence-corrected chi connectivity index (χ4v) is 4.32. The zero-order valence-corrected chi connectivity index (χ0v) is 18.1. The molecule has 1 aliphatic rings. The van der Waals surface area contributed by atoms with Crippen LogP contribution in [0.4, 0.5) is 5.95 Å². The SMILES string of the molecule is COc1ccc(C2CC(c3ccccc3)n3ncnc3N2C(=O)c2ccc(C)cc2)cc1. The van der Waals surface area contributed by atoms with Crippen molar-refractivity contribution in [1.29, 1.82) is 0 Å². The van der Waals surface area contributed by atoms with Crippen LogP contribution < -0.4 is 9.64 Å². The highest BCUT2D eigenvalue weighted by Gasteiger charge is 2.39. The molecule has 160 valence electrons. The first-order valence-corrected chi connectivity index (χ1v) is 10.6. The minimum atomic E-state index is -0.198. The Labute approximate surface area is 187 Å². The second-order valence-corrected chi connectivity index (χ2v) is 8.00. The highest BCUT2D eigenvalue weighted by molar-refractivity contribution is 6.05. The van der Waals surface area contributed by atoms with Gasteiger partial charge in [0, 0.05) is 5.56 Å². The summed E-state index contributed by atoms with van der Waals surface area (Å²) in [6.45, 7) is 2.01. The van der Waals surface area contributed by atoms with E-state index >= 15 is 0 Å². The lowest BCUT2D eigenvalue weighted by molar-refractivity contribution is 0.0963. The summed E-state index contributed by atoms with van der Waals surface area (Å²) in [6, 6.07) is 25.6. The Morgan fingerprint density at radius 3 is 2.28 bits per heavy atom. The van der Waals surface area contributed by atoms with Gasteiger partial charge < -0.3 is 4.74 Å². The molecule has 2 unspecified atom stereocenters. The van der Waals surface area contributed by atoms with Gasteiger partial charge in [0.15, 0.2) is 0 Å². The molecule has 0 saturated heterocycles. The number of aromatic nitrogens is 3. The molecule has 0 spiro atoms. The number of amides is 1. The zero-order valence-electron chi connectivity index (χ0n) is 18.1. The second kappa shape index (κ2) is 8.30. The van der Waals surface area contributed by atoms with E-state index in [1.54, 1.807) is 12.0 Å². The van der Waals surface area contributed by atoms with E-state index in [2.05, 4.69) is 22.2 Å². The summed E-state index contributed by atoms with van der Waals surface area (Å²) in [7, 11) is 1.65. The van der Waals surface area contributed by atoms with Gasteiger partial charge in [-0.05, 0) is 48.7 Å². The lowest BCUT2D eigenvalue weighted by atomic mass is 9.91. The number of nitrogens with zero attached hydrogens (tertiary/aromatic N) is 4. The topological polar surface area (TPSA) is 60.2 Å². The van der Waals surface area contributed by atoms with Crippen LogP contribution in [0, 0.1) is 6.92 Å². The second-order valence-electron chi connectivity index (χ2n) is 8.00. The predicted octanol–water partition coefficient (Wildman–Crippen LogP) is 4.98. The third-order valence-corrected chi connectivity index (χ3v) is 6.03. The largest absolute Gasteiger partial charge is 0.497 e. The van der Waals surface area contributed by atoms with Crippen LogP contribution >= 0.6 is 0 Å². The third-order valence-electron chi connectivity index (χ3n) is 6.03. The average molecular weight is 425 g/mol. The van der Waals surface area contributed by atoms with Crippen LogP contribution in [-0.2, 0) is 0 Å². The first-order valence-electron chi connectivity index (χ1n) is 10.6. The van der Waals surface area contributed by atoms with Crippen LogP contribution in [0.25, 0.3) is 0 Å². The van der Waals surface area contributed by atoms with Gasteiger partial charge in [0.1, 0.15) is 12.1 Å². The monoisotopic (exact) mass is 424 g/mol. The number of rotatable bonds is 4. The minimum Gasteiger partial charge on any atom is -0.497 e. The number of fused-ring (bicyclic) bond motifs is 1. The lowest BCUT2D eigenvalue weighted by Crippen LogP contribution is -2.42. The molecule has 0 fully saturated rings. The van der Waals surface area contributed by atoms with Crippen LogP contribution in [0.2, 0.25) is 0 Å². The molecule has 0 saturated carbocycles. The lowest BCUT2D eigenvalue weighted by Gasteiger charge is -2.39. The van der Waals surface area contributed by atoms with Gasteiger partial charge in [-0.3, -0.25) is 9.69 Å². The Balaban J connectivity index is 1.63. The van der Waals surface area contributed by atoms with E-state index < -0.39 is 0 Å². The molecule has 4 aromatic rings. The van der Waals surface area contributed by atoms with Gasteiger partial charge in [0.05, 0.1) is 19.2 Å². The molecule has 2 heterocycles. The number of carbonyl (C=O) groups is 1. The molecule has 6 nitrogen and oxygen atoms in total. The van der Waals surface area contributed by atoms with Gasteiger partial charge in [-0.1, -0.05) is 60.2 Å². The standard InChI is InChI=1S/C26H24N4O2/c1-18-8-10-21(11-9-18)25(31)29-23(20-12-14-22(32-2)15-13-20)16-24(19-6-4-3-5-7-19)30-26(29)27-17-28-30/h3-15,17,23-24H,16H2,1-2H3. The van der Waals surface area contributed by atoms with Gasteiger partial charge >= 0.3 is 0 Å². The molecule has 1 aliphatic heterocycles. The first-order chi connectivity index (χ1) is 15.7. The maximum absolute atomic E-state index is 13.7. The summed E-state index contributed by atoms with van der Waals surface area (Å²) in [5.41, 5.74) is 3.91. The summed E-state index contributed by atoms with van der Waals surface area (Å²) in [5.74, 6) is 1.24. The average Bonchev–Trinajstić information content (AvgIpc) is 3.33. The van der Waals surface area contributed by atoms with Gasteiger partial charge in [-0.2, -0.15) is 10.1 Å². The Bertz CT molecular complexity index is 1220. The Morgan fingerprint density at radius 1 is 0.906 bits per heavy atom. The van der Waals surface area contributed by atoms with Crippen LogP contribution in [0.1, 0.15) is 45.6 Å². The molecular formula is C26H24N4O2. The molecule has 5 rings (SSSR count). The number of carbonyl (C=O) groups excluding carboxylic acids is 1. The summed E-state index contributed by atoms with van der Waals surface area (Å²) in [4.78, 5) is 20.0. The molecule has 3 aromatic carbocycles. The molecule has 6 heteroatoms. The third kappa shape index (κ3) is 3.54. The number of hydrogen-bond acceptors (Lipinski definition) is 4. The van der Waals surface area contributed by atoms with Crippen molar-refractivity contribution in [3.8, 4) is 5.75 Å². The van der Waals surface area contributed by atoms with Crippen LogP contribution in [-0.4, -0.2) is 27.8 Å². The molecule has 0 N–H and O–H groups in total. The zero-order chi connectivity index (χ0) is 22.1. The predicted molar refractivity (Wildman–Crippen MR) is 123 cm³/mol. The molecule has 0 aliphatic carbocycles. The molecule has 1 amide bonds. The van der Waals surface area contributed by atoms with E-state index in [-0.39, 0.29) is 18.0 Å². The smallest absolute Gasteiger partial charge is 0.261 e. The number of aryl methyl sites for hydroxylation is 1. The number of benzene rings is 3. The quantitative estimate of drug-likeness (QED) is 0.464. The van der Waals surface area contributed by atoms with E-state index in [0.717, 1.165) is 22.4 Å². The van der Waals surface area contributed by atoms with E-state index in [1.807, 2.05) is 78.3 Å². The number of ether oxygens (including phenoxy) is 1. The Hall–Kier alpha value is -3.93. The summed E-state index contributed by atoms with van der Waals surface area (Å²) < 4.78 is 7.20. The summed E-state index contributed by atoms with van der Waals surface area (Å²) >= 11 is 0. The molecular weight excluding hydrogens is 400 g/mol. The molecule has 2 atom stereocenters. The molecule has 32 heavy (non-hydrogen) atoms. The Morgan fingerprint density at radius 2 is 1.59 bits per heavy atom. The summed E-state index contributed by atoms with van der Waals surface area (Å²) in [5, 5.41) is 4.50. The number of anilines is 1. The van der Waals surface area contributed by atoms with E-state index in [0.29, 0.717) is 17.9 Å². The normalized spacial score (nSPS) is 17.6. The fraction of sp³-hybridized carbons (Fsp3) is 0.192. The van der Waals surface area contributed by atoms with Crippen LogP contribution in [0.15, 0.2) is 85.2 Å². The number of hydrogen-bond donors (Lipinski definition) is 0. The van der Waals surface area contributed by atoms with E-state index in [9.17, 15) is 4.79 Å². The Kier molecular flexibility index (Phi) is 5.19. The van der Waals surface area contributed by atoms with Gasteiger partial charge in [-0.25, -0.2) is 4.68 Å². The maximum atomic E-state index is 13.7. The first kappa shape index (κ1) is 20.0. The van der Waals surface area contributed by atoms with Crippen molar-refractivity contribution in [3.05, 3.63) is 107 Å². The van der Waals surface area contributed by atoms with Crippen LogP contribution in [0.5, 0.6) is 5.75 Å². The van der Waals surface area contributed by atoms with Gasteiger partial charge in [0.25, 0.3) is 5.91 Å². The number of methoxy groups -OCH3 is 1. The summed E-state index contributed by atoms with van der Waals surface area (Å²) in [6.07, 6.45) is 2.21. The van der Waals surface area contributed by atoms with Crippen molar-refractivity contribution in [1.82, 2.24) is 14.8 Å². The maximum Gasteiger partial charge on any atom is 0.261 e. The van der Waals surface area contributed by atoms with Crippen molar-refractivity contribution in [2.45, 2.75) is 25.4 Å². The minimum absolute atomic E-state index is 0.0251. The van der Waals surface area contributed by atoms with Gasteiger partial charge in [-0.15, -0.1) is 0 Å². The van der Waals surface area contributed by atoms with Crippen molar-refractivity contribution in [2.75, 3.05) is 12.0 Å². The molecule has 0 bridgehead atoms. The van der Waals surface area contributed by atoms with Crippen molar-refractivity contribution >= 4 is 11.9 Å². The molecule has 1 aromatic heterocycles. The highest BCUT2D eigenvalue weighted by atomic mass is 16.5. The van der Waals surface area contributed by atoms with Crippen molar-refractivity contribution in [3.63, 3.8) is 0 Å². The van der Waals surface area contributed by atoms with Crippen molar-refractivity contribution in [2.24, 2.45) is 0 Å². The fourth-order valence-electron chi connectivity index (χ4n) is 4.32. The van der Waals surface area contributed by atoms with E-state index in [4.69, 9.17) is 4.74 Å². The van der Waals surface area contributed by atoms with Crippen molar-refractivity contribution < 1.29 is 9.53 Å². The molecule has 0 radical (unpaired) electrons. The van der Waals surface area contributed by atoms with E-state index in [1.165, 1.54) is 6.33 Å². The highest BCUT2D eigenvalue weighted by Crippen LogP contribution is 2.42. The van der Waals surface area contributed by atoms with Crippen LogP contribution in [0.3, 0.4) is 0 Å².